The van der Waals surface area contributed by atoms with Crippen molar-refractivity contribution in [3.8, 4) is 6.07 Å². The van der Waals surface area contributed by atoms with E-state index in [0.29, 0.717) is 0 Å². The Hall–Kier alpha value is -1.43. The molecule has 0 aliphatic rings. The van der Waals surface area contributed by atoms with Crippen molar-refractivity contribution in [1.82, 2.24) is 9.97 Å². The normalized spacial score (nSPS) is 10.8. The quantitative estimate of drug-likeness (QED) is 0.581. The van der Waals surface area contributed by atoms with Gasteiger partial charge in [0.2, 0.25) is 5.82 Å². The van der Waals surface area contributed by atoms with Gasteiger partial charge in [-0.2, -0.15) is 5.26 Å². The lowest BCUT2D eigenvalue weighted by molar-refractivity contribution is 0.583. The maximum atomic E-state index is 8.46. The second kappa shape index (κ2) is 2.90. The zero-order valence-corrected chi connectivity index (χ0v) is 7.50. The second-order valence-electron chi connectivity index (χ2n) is 3.66. The van der Waals surface area contributed by atoms with Crippen molar-refractivity contribution < 1.29 is 0 Å². The third-order valence-corrected chi connectivity index (χ3v) is 1.62. The molecule has 3 heteroatoms. The molecule has 0 saturated carbocycles. The number of hydrogen-bond acceptors (Lipinski definition) is 3. The summed E-state index contributed by atoms with van der Waals surface area (Å²) in [5.74, 6) is 0.225. The highest BCUT2D eigenvalue weighted by molar-refractivity contribution is 5.18. The smallest absolute Gasteiger partial charge is 0.227 e. The molecule has 1 aromatic heterocycles. The number of aromatic nitrogens is 2. The molecule has 0 fully saturated rings. The molecule has 3 nitrogen and oxygen atoms in total. The van der Waals surface area contributed by atoms with Crippen molar-refractivity contribution in [2.75, 3.05) is 0 Å². The summed E-state index contributed by atoms with van der Waals surface area (Å²) in [7, 11) is 0. The van der Waals surface area contributed by atoms with Crippen molar-refractivity contribution in [2.45, 2.75) is 26.2 Å². The van der Waals surface area contributed by atoms with Crippen molar-refractivity contribution in [2.24, 2.45) is 0 Å². The van der Waals surface area contributed by atoms with Gasteiger partial charge in [-0.05, 0) is 11.0 Å². The Morgan fingerprint density at radius 1 is 1.25 bits per heavy atom. The van der Waals surface area contributed by atoms with E-state index in [4.69, 9.17) is 5.26 Å². The topological polar surface area (TPSA) is 49.6 Å². The van der Waals surface area contributed by atoms with Crippen LogP contribution >= 0.6 is 0 Å². The molecule has 0 aliphatic carbocycles. The summed E-state index contributed by atoms with van der Waals surface area (Å²) in [6.45, 7) is 6.24. The van der Waals surface area contributed by atoms with E-state index < -0.39 is 0 Å². The first kappa shape index (κ1) is 8.66. The number of nitrogens with zero attached hydrogens (tertiary/aromatic N) is 3. The Kier molecular flexibility index (Phi) is 2.09. The fourth-order valence-electron chi connectivity index (χ4n) is 0.773. The lowest BCUT2D eigenvalue weighted by atomic mass is 9.89. The number of rotatable bonds is 0. The fourth-order valence-corrected chi connectivity index (χ4v) is 0.773. The van der Waals surface area contributed by atoms with Crippen molar-refractivity contribution in [3.63, 3.8) is 0 Å². The molecule has 0 bridgehead atoms. The van der Waals surface area contributed by atoms with E-state index in [-0.39, 0.29) is 11.2 Å². The van der Waals surface area contributed by atoms with E-state index in [2.05, 4.69) is 30.7 Å². The highest BCUT2D eigenvalue weighted by Crippen LogP contribution is 2.19. The van der Waals surface area contributed by atoms with Gasteiger partial charge in [-0.3, -0.25) is 0 Å². The van der Waals surface area contributed by atoms with Crippen LogP contribution in [0.1, 0.15) is 32.2 Å². The van der Waals surface area contributed by atoms with Crippen LogP contribution in [-0.4, -0.2) is 9.97 Å². The molecule has 0 unspecified atom stereocenters. The van der Waals surface area contributed by atoms with E-state index in [1.165, 1.54) is 0 Å². The van der Waals surface area contributed by atoms with Gasteiger partial charge in [-0.25, -0.2) is 9.97 Å². The highest BCUT2D eigenvalue weighted by Gasteiger charge is 2.13. The highest BCUT2D eigenvalue weighted by atomic mass is 14.9. The van der Waals surface area contributed by atoms with Gasteiger partial charge in [-0.15, -0.1) is 0 Å². The Morgan fingerprint density at radius 2 is 1.75 bits per heavy atom. The molecule has 0 aliphatic heterocycles. The zero-order valence-electron chi connectivity index (χ0n) is 7.50. The van der Waals surface area contributed by atoms with Crippen LogP contribution in [-0.2, 0) is 5.41 Å². The van der Waals surface area contributed by atoms with Crippen LogP contribution in [0.3, 0.4) is 0 Å². The predicted molar refractivity (Wildman–Crippen MR) is 45.4 cm³/mol. The summed E-state index contributed by atoms with van der Waals surface area (Å²) in [4.78, 5) is 7.78. The molecule has 0 radical (unpaired) electrons. The average Bonchev–Trinajstić information content (AvgIpc) is 2.03. The molecule has 0 amide bonds. The molecule has 1 rings (SSSR count). The van der Waals surface area contributed by atoms with E-state index in [9.17, 15) is 0 Å². The van der Waals surface area contributed by atoms with Gasteiger partial charge in [0.05, 0.1) is 0 Å². The lowest BCUT2D eigenvalue weighted by Gasteiger charge is -2.16. The van der Waals surface area contributed by atoms with Crippen molar-refractivity contribution in [1.29, 1.82) is 5.26 Å². The Bertz CT molecular complexity index is 300. The Balaban J connectivity index is 3.02. The SMILES string of the molecule is CC(C)(C)c1cnc(C#N)nc1. The monoisotopic (exact) mass is 161 g/mol. The molecule has 12 heavy (non-hydrogen) atoms. The third-order valence-electron chi connectivity index (χ3n) is 1.62. The van der Waals surface area contributed by atoms with Gasteiger partial charge in [-0.1, -0.05) is 20.8 Å². The summed E-state index contributed by atoms with van der Waals surface area (Å²) < 4.78 is 0. The van der Waals surface area contributed by atoms with Crippen LogP contribution in [0.15, 0.2) is 12.4 Å². The van der Waals surface area contributed by atoms with Crippen LogP contribution < -0.4 is 0 Å². The van der Waals surface area contributed by atoms with Gasteiger partial charge >= 0.3 is 0 Å². The third kappa shape index (κ3) is 1.79. The average molecular weight is 161 g/mol. The summed E-state index contributed by atoms with van der Waals surface area (Å²) in [6.07, 6.45) is 3.40. The minimum atomic E-state index is 0.0496. The van der Waals surface area contributed by atoms with E-state index >= 15 is 0 Å². The van der Waals surface area contributed by atoms with E-state index in [1.54, 1.807) is 12.4 Å². The van der Waals surface area contributed by atoms with Crippen molar-refractivity contribution >= 4 is 0 Å². The second-order valence-corrected chi connectivity index (χ2v) is 3.66. The molecule has 0 aromatic carbocycles. The zero-order chi connectivity index (χ0) is 9.19. The van der Waals surface area contributed by atoms with Gasteiger partial charge < -0.3 is 0 Å². The molecule has 0 atom stereocenters. The summed E-state index contributed by atoms with van der Waals surface area (Å²) in [5, 5.41) is 8.46. The van der Waals surface area contributed by atoms with Crippen molar-refractivity contribution in [3.05, 3.63) is 23.8 Å². The molecule has 0 N–H and O–H groups in total. The Labute approximate surface area is 72.1 Å². The molecule has 1 heterocycles. The predicted octanol–water partition coefficient (Wildman–Crippen LogP) is 1.65. The summed E-state index contributed by atoms with van der Waals surface area (Å²) in [6, 6.07) is 1.88. The molecular formula is C9H11N3. The standard InChI is InChI=1S/C9H11N3/c1-9(2,3)7-5-11-8(4-10)12-6-7/h5-6H,1-3H3. The van der Waals surface area contributed by atoms with E-state index in [0.717, 1.165) is 5.56 Å². The van der Waals surface area contributed by atoms with Gasteiger partial charge in [0.25, 0.3) is 0 Å². The van der Waals surface area contributed by atoms with Crippen LogP contribution in [0, 0.1) is 11.3 Å². The maximum absolute atomic E-state index is 8.46. The fraction of sp³-hybridized carbons (Fsp3) is 0.444. The minimum Gasteiger partial charge on any atom is -0.227 e. The molecule has 0 saturated heterocycles. The number of nitriles is 1. The first-order valence-electron chi connectivity index (χ1n) is 3.76. The molecule has 0 spiro atoms. The first-order chi connectivity index (χ1) is 5.54. The van der Waals surface area contributed by atoms with Crippen LogP contribution in [0.2, 0.25) is 0 Å². The summed E-state index contributed by atoms with van der Waals surface area (Å²) >= 11 is 0. The van der Waals surface area contributed by atoms with Gasteiger partial charge in [0.15, 0.2) is 0 Å². The summed E-state index contributed by atoms with van der Waals surface area (Å²) in [5.41, 5.74) is 1.09. The molecule has 1 aromatic rings. The number of hydrogen-bond donors (Lipinski definition) is 0. The first-order valence-corrected chi connectivity index (χ1v) is 3.76. The van der Waals surface area contributed by atoms with Gasteiger partial charge in [0, 0.05) is 12.4 Å². The van der Waals surface area contributed by atoms with Crippen LogP contribution in [0.5, 0.6) is 0 Å². The molecule has 62 valence electrons. The maximum Gasteiger partial charge on any atom is 0.232 e. The lowest BCUT2D eigenvalue weighted by Crippen LogP contribution is -2.12. The van der Waals surface area contributed by atoms with Crippen LogP contribution in [0.4, 0.5) is 0 Å². The molecular weight excluding hydrogens is 150 g/mol. The van der Waals surface area contributed by atoms with Gasteiger partial charge in [0.1, 0.15) is 6.07 Å². The Morgan fingerprint density at radius 3 is 2.08 bits per heavy atom. The van der Waals surface area contributed by atoms with Crippen LogP contribution in [0.25, 0.3) is 0 Å². The minimum absolute atomic E-state index is 0.0496. The largest absolute Gasteiger partial charge is 0.232 e. The van der Waals surface area contributed by atoms with E-state index in [1.807, 2.05) is 6.07 Å².